The van der Waals surface area contributed by atoms with Crippen LogP contribution in [0.25, 0.3) is 21.5 Å². The lowest BCUT2D eigenvalue weighted by atomic mass is 9.88. The van der Waals surface area contributed by atoms with E-state index in [0.717, 1.165) is 29.4 Å². The summed E-state index contributed by atoms with van der Waals surface area (Å²) in [6.07, 6.45) is 1.36. The molecule has 9 heteroatoms. The minimum absolute atomic E-state index is 0.00199. The van der Waals surface area contributed by atoms with Gasteiger partial charge in [0, 0.05) is 30.0 Å². The molecule has 3 aromatic rings. The van der Waals surface area contributed by atoms with Gasteiger partial charge in [-0.3, -0.25) is 4.79 Å². The second kappa shape index (κ2) is 9.13. The minimum atomic E-state index is -0.579. The van der Waals surface area contributed by atoms with Gasteiger partial charge in [0.1, 0.15) is 21.1 Å². The van der Waals surface area contributed by atoms with E-state index in [0.29, 0.717) is 39.9 Å². The third-order valence-corrected chi connectivity index (χ3v) is 6.96. The molecule has 34 heavy (non-hydrogen) atoms. The number of thiophene rings is 1. The van der Waals surface area contributed by atoms with Gasteiger partial charge in [-0.2, -0.15) is 0 Å². The van der Waals surface area contributed by atoms with E-state index in [1.165, 1.54) is 11.3 Å². The third-order valence-electron chi connectivity index (χ3n) is 5.85. The molecule has 1 aromatic carbocycles. The highest BCUT2D eigenvalue weighted by Crippen LogP contribution is 2.42. The predicted octanol–water partition coefficient (Wildman–Crippen LogP) is 4.77. The van der Waals surface area contributed by atoms with Crippen molar-refractivity contribution in [3.05, 3.63) is 40.8 Å². The molecule has 1 atom stereocenters. The Bertz CT molecular complexity index is 1250. The molecule has 8 nitrogen and oxygen atoms in total. The molecule has 2 aromatic heterocycles. The molecule has 1 aliphatic heterocycles. The summed E-state index contributed by atoms with van der Waals surface area (Å²) in [7, 11) is 1.62. The fourth-order valence-corrected chi connectivity index (χ4v) is 5.35. The van der Waals surface area contributed by atoms with Crippen LogP contribution in [-0.4, -0.2) is 47.7 Å². The summed E-state index contributed by atoms with van der Waals surface area (Å²) in [6.45, 7) is 6.69. The lowest BCUT2D eigenvalue weighted by Crippen LogP contribution is -2.42. The molecule has 0 saturated carbocycles. The van der Waals surface area contributed by atoms with E-state index in [1.54, 1.807) is 12.0 Å². The number of aromatic nitrogens is 1. The first kappa shape index (κ1) is 23.8. The van der Waals surface area contributed by atoms with Gasteiger partial charge in [-0.1, -0.05) is 12.1 Å². The molecule has 3 heterocycles. The molecule has 1 fully saturated rings. The van der Waals surface area contributed by atoms with Crippen LogP contribution >= 0.6 is 11.3 Å². The van der Waals surface area contributed by atoms with Crippen molar-refractivity contribution >= 4 is 39.2 Å². The Morgan fingerprint density at radius 3 is 2.65 bits per heavy atom. The number of nitrogens with two attached hydrogens (primary N) is 2. The summed E-state index contributed by atoms with van der Waals surface area (Å²) in [5, 5.41) is 0.730. The predicted molar refractivity (Wildman–Crippen MR) is 134 cm³/mol. The largest absolute Gasteiger partial charge is 0.496 e. The zero-order chi connectivity index (χ0) is 24.6. The molecule has 4 N–H and O–H groups in total. The number of ether oxygens (including phenoxy) is 2. The number of pyridine rings is 1. The van der Waals surface area contributed by atoms with Crippen LogP contribution in [0.2, 0.25) is 0 Å². The van der Waals surface area contributed by atoms with Gasteiger partial charge in [0.25, 0.3) is 5.91 Å². The smallest absolute Gasteiger partial charge is 0.410 e. The van der Waals surface area contributed by atoms with Crippen molar-refractivity contribution < 1.29 is 19.1 Å². The molecule has 1 saturated heterocycles. The van der Waals surface area contributed by atoms with Gasteiger partial charge >= 0.3 is 6.09 Å². The summed E-state index contributed by atoms with van der Waals surface area (Å²) in [5.41, 5.74) is 14.3. The number of nitrogen functional groups attached to an aromatic ring is 1. The number of nitrogens with zero attached hydrogens (tertiary/aromatic N) is 2. The topological polar surface area (TPSA) is 121 Å². The van der Waals surface area contributed by atoms with Crippen molar-refractivity contribution in [2.75, 3.05) is 25.9 Å². The lowest BCUT2D eigenvalue weighted by molar-refractivity contribution is 0.0198. The number of fused-ring (bicyclic) bond motifs is 1. The highest BCUT2D eigenvalue weighted by molar-refractivity contribution is 7.21. The maximum absolute atomic E-state index is 12.8. The number of piperidine rings is 1. The van der Waals surface area contributed by atoms with Gasteiger partial charge < -0.3 is 25.8 Å². The maximum atomic E-state index is 12.8. The van der Waals surface area contributed by atoms with E-state index in [9.17, 15) is 9.59 Å². The number of methoxy groups -OCH3 is 1. The Morgan fingerprint density at radius 2 is 1.97 bits per heavy atom. The number of amides is 2. The number of hydrogen-bond acceptors (Lipinski definition) is 7. The van der Waals surface area contributed by atoms with Crippen molar-refractivity contribution in [3.63, 3.8) is 0 Å². The second-order valence-electron chi connectivity index (χ2n) is 9.45. The van der Waals surface area contributed by atoms with Crippen molar-refractivity contribution in [2.45, 2.75) is 45.1 Å². The summed E-state index contributed by atoms with van der Waals surface area (Å²) >= 11 is 1.19. The first-order valence-corrected chi connectivity index (χ1v) is 12.0. The standard InChI is InChI=1S/C25H30N4O4S/c1-25(2,3)33-24(31)29-11-7-8-14(13-29)16-12-17(15-9-5-6-10-18(15)32-4)28-23-19(16)20(26)21(34-23)22(27)30/h5-6,9-10,12,14H,7-8,11,13,26H2,1-4H3,(H2,27,30). The number of carbonyl (C=O) groups is 2. The Balaban J connectivity index is 1.83. The van der Waals surface area contributed by atoms with E-state index >= 15 is 0 Å². The van der Waals surface area contributed by atoms with Crippen molar-refractivity contribution in [1.82, 2.24) is 9.88 Å². The van der Waals surface area contributed by atoms with Gasteiger partial charge in [-0.05, 0) is 57.4 Å². The van der Waals surface area contributed by atoms with Crippen LogP contribution in [0, 0.1) is 0 Å². The average molecular weight is 483 g/mol. The van der Waals surface area contributed by atoms with Gasteiger partial charge in [0.05, 0.1) is 18.5 Å². The molecule has 180 valence electrons. The van der Waals surface area contributed by atoms with Crippen LogP contribution < -0.4 is 16.2 Å². The van der Waals surface area contributed by atoms with Gasteiger partial charge in [0.15, 0.2) is 0 Å². The molecule has 4 rings (SSSR count). The maximum Gasteiger partial charge on any atom is 0.410 e. The Morgan fingerprint density at radius 1 is 1.24 bits per heavy atom. The van der Waals surface area contributed by atoms with Gasteiger partial charge in [-0.15, -0.1) is 11.3 Å². The zero-order valence-electron chi connectivity index (χ0n) is 19.9. The quantitative estimate of drug-likeness (QED) is 0.553. The summed E-state index contributed by atoms with van der Waals surface area (Å²) in [6, 6.07) is 9.64. The zero-order valence-corrected chi connectivity index (χ0v) is 20.7. The summed E-state index contributed by atoms with van der Waals surface area (Å²) in [5.74, 6) is 0.112. The monoisotopic (exact) mass is 482 g/mol. The van der Waals surface area contributed by atoms with E-state index in [-0.39, 0.29) is 12.0 Å². The molecular weight excluding hydrogens is 452 g/mol. The summed E-state index contributed by atoms with van der Waals surface area (Å²) in [4.78, 5) is 32.3. The van der Waals surface area contributed by atoms with E-state index in [2.05, 4.69) is 0 Å². The first-order chi connectivity index (χ1) is 16.1. The average Bonchev–Trinajstić information content (AvgIpc) is 3.14. The van der Waals surface area contributed by atoms with E-state index in [4.69, 9.17) is 25.9 Å². The number of hydrogen-bond donors (Lipinski definition) is 2. The van der Waals surface area contributed by atoms with Crippen molar-refractivity contribution in [3.8, 4) is 17.0 Å². The number of para-hydroxylation sites is 1. The Hall–Kier alpha value is -3.33. The highest BCUT2D eigenvalue weighted by atomic mass is 32.1. The van der Waals surface area contributed by atoms with Crippen LogP contribution in [0.4, 0.5) is 10.5 Å². The number of primary amides is 1. The van der Waals surface area contributed by atoms with Crippen molar-refractivity contribution in [2.24, 2.45) is 5.73 Å². The van der Waals surface area contributed by atoms with Gasteiger partial charge in [-0.25, -0.2) is 9.78 Å². The van der Waals surface area contributed by atoms with Crippen LogP contribution in [0.3, 0.4) is 0 Å². The van der Waals surface area contributed by atoms with Crippen LogP contribution in [0.15, 0.2) is 30.3 Å². The molecule has 1 unspecified atom stereocenters. The normalized spacial score (nSPS) is 16.5. The molecule has 2 amide bonds. The number of benzene rings is 1. The highest BCUT2D eigenvalue weighted by Gasteiger charge is 2.31. The van der Waals surface area contributed by atoms with Crippen LogP contribution in [-0.2, 0) is 4.74 Å². The van der Waals surface area contributed by atoms with Crippen LogP contribution in [0.5, 0.6) is 5.75 Å². The molecule has 0 radical (unpaired) electrons. The molecule has 0 spiro atoms. The number of rotatable bonds is 4. The fourth-order valence-electron chi connectivity index (χ4n) is 4.37. The summed E-state index contributed by atoms with van der Waals surface area (Å²) < 4.78 is 11.2. The number of anilines is 1. The lowest BCUT2D eigenvalue weighted by Gasteiger charge is -2.34. The Kier molecular flexibility index (Phi) is 6.40. The van der Waals surface area contributed by atoms with E-state index < -0.39 is 11.5 Å². The van der Waals surface area contributed by atoms with E-state index in [1.807, 2.05) is 51.1 Å². The molecule has 0 aliphatic carbocycles. The second-order valence-corrected chi connectivity index (χ2v) is 10.5. The SMILES string of the molecule is COc1ccccc1-c1cc(C2CCCN(C(=O)OC(C)(C)C)C2)c2c(N)c(C(N)=O)sc2n1. The third kappa shape index (κ3) is 4.65. The minimum Gasteiger partial charge on any atom is -0.496 e. The molecular formula is C25H30N4O4S. The molecule has 0 bridgehead atoms. The van der Waals surface area contributed by atoms with Crippen molar-refractivity contribution in [1.29, 1.82) is 0 Å². The molecule has 1 aliphatic rings. The number of likely N-dealkylation sites (tertiary alicyclic amines) is 1. The number of carbonyl (C=O) groups excluding carboxylic acids is 2. The fraction of sp³-hybridized carbons (Fsp3) is 0.400. The first-order valence-electron chi connectivity index (χ1n) is 11.2. The van der Waals surface area contributed by atoms with Crippen LogP contribution in [0.1, 0.15) is 54.8 Å². The Labute approximate surface area is 202 Å². The van der Waals surface area contributed by atoms with Gasteiger partial charge in [0.2, 0.25) is 0 Å².